The molecule has 0 aliphatic carbocycles. The molecule has 0 radical (unpaired) electrons. The third kappa shape index (κ3) is 6.49. The summed E-state index contributed by atoms with van der Waals surface area (Å²) in [6, 6.07) is 6.18. The zero-order chi connectivity index (χ0) is 30.3. The Bertz CT molecular complexity index is 1630. The van der Waals surface area contributed by atoms with Crippen molar-refractivity contribution in [2.75, 3.05) is 5.32 Å². The number of amides is 2. The van der Waals surface area contributed by atoms with Crippen LogP contribution >= 0.6 is 23.2 Å². The first-order valence-corrected chi connectivity index (χ1v) is 12.8. The molecule has 0 spiro atoms. The maximum atomic E-state index is 13.7. The van der Waals surface area contributed by atoms with Crippen LogP contribution in [0, 0.1) is 6.92 Å². The monoisotopic (exact) mass is 609 g/mol. The summed E-state index contributed by atoms with van der Waals surface area (Å²) in [4.78, 5) is 31.0. The average Bonchev–Trinajstić information content (AvgIpc) is 3.52. The highest BCUT2D eigenvalue weighted by Gasteiger charge is 2.40. The second kappa shape index (κ2) is 11.1. The molecule has 2 N–H and O–H groups in total. The molecule has 0 saturated carbocycles. The number of anilines is 1. The number of hydrogen-bond acceptors (Lipinski definition) is 7. The predicted octanol–water partition coefficient (Wildman–Crippen LogP) is 5.28. The van der Waals surface area contributed by atoms with Crippen molar-refractivity contribution >= 4 is 40.7 Å². The average molecular weight is 610 g/mol. The van der Waals surface area contributed by atoms with Crippen molar-refractivity contribution in [3.8, 4) is 5.82 Å². The number of nitrogens with zero attached hydrogens (tertiary/aromatic N) is 7. The molecule has 3 heterocycles. The van der Waals surface area contributed by atoms with E-state index in [-0.39, 0.29) is 38.5 Å². The van der Waals surface area contributed by atoms with Gasteiger partial charge >= 0.3 is 6.18 Å². The molecule has 1 aromatic carbocycles. The number of tetrazole rings is 1. The highest BCUT2D eigenvalue weighted by Crippen LogP contribution is 2.31. The first-order chi connectivity index (χ1) is 19.1. The van der Waals surface area contributed by atoms with Gasteiger partial charge in [0, 0.05) is 16.8 Å². The standard InChI is InChI=1S/C25H24Cl2F3N9O2/c1-12-9-14(26)10-15(21(40)33-24(3,4)5)19(12)32-22(41)18-11-17(35-39(18)20-16(27)7-6-8-31-20)13(2)38-23(25(28,29)30)34-36-37-38/h6-11,13H,1-5H3,(H,32,41)(H,33,40). The summed E-state index contributed by atoms with van der Waals surface area (Å²) in [6.07, 6.45) is -3.42. The van der Waals surface area contributed by atoms with Crippen LogP contribution in [-0.2, 0) is 6.18 Å². The number of carbonyl (C=O) groups is 2. The molecular weight excluding hydrogens is 586 g/mol. The maximum absolute atomic E-state index is 13.7. The van der Waals surface area contributed by atoms with Crippen LogP contribution in [0.4, 0.5) is 18.9 Å². The highest BCUT2D eigenvalue weighted by atomic mass is 35.5. The molecule has 2 amide bonds. The zero-order valence-electron chi connectivity index (χ0n) is 22.4. The fourth-order valence-corrected chi connectivity index (χ4v) is 4.37. The molecule has 0 saturated heterocycles. The van der Waals surface area contributed by atoms with Gasteiger partial charge in [0.2, 0.25) is 0 Å². The van der Waals surface area contributed by atoms with Gasteiger partial charge in [-0.15, -0.1) is 5.10 Å². The lowest BCUT2D eigenvalue weighted by atomic mass is 10.0. The maximum Gasteiger partial charge on any atom is 0.453 e. The summed E-state index contributed by atoms with van der Waals surface area (Å²) in [7, 11) is 0. The first kappa shape index (κ1) is 29.9. The van der Waals surface area contributed by atoms with E-state index in [1.54, 1.807) is 39.8 Å². The van der Waals surface area contributed by atoms with Gasteiger partial charge in [-0.2, -0.15) is 18.3 Å². The number of hydrogen-bond donors (Lipinski definition) is 2. The number of benzene rings is 1. The molecule has 216 valence electrons. The van der Waals surface area contributed by atoms with E-state index in [2.05, 4.69) is 36.2 Å². The van der Waals surface area contributed by atoms with Gasteiger partial charge in [0.25, 0.3) is 17.6 Å². The summed E-state index contributed by atoms with van der Waals surface area (Å²) in [5.41, 5.74) is 0.0647. The summed E-state index contributed by atoms with van der Waals surface area (Å²) in [6.45, 7) is 8.44. The van der Waals surface area contributed by atoms with E-state index >= 15 is 0 Å². The fourth-order valence-electron chi connectivity index (χ4n) is 3.90. The van der Waals surface area contributed by atoms with Gasteiger partial charge in [0.1, 0.15) is 5.69 Å². The van der Waals surface area contributed by atoms with E-state index in [0.717, 1.165) is 4.68 Å². The van der Waals surface area contributed by atoms with Crippen LogP contribution in [0.2, 0.25) is 10.0 Å². The number of aromatic nitrogens is 7. The van der Waals surface area contributed by atoms with Gasteiger partial charge in [-0.25, -0.2) is 14.3 Å². The van der Waals surface area contributed by atoms with E-state index in [1.165, 1.54) is 31.3 Å². The van der Waals surface area contributed by atoms with Crippen molar-refractivity contribution in [3.05, 3.63) is 74.9 Å². The van der Waals surface area contributed by atoms with Crippen molar-refractivity contribution < 1.29 is 22.8 Å². The van der Waals surface area contributed by atoms with Crippen molar-refractivity contribution in [1.29, 1.82) is 0 Å². The van der Waals surface area contributed by atoms with E-state index in [1.807, 2.05) is 0 Å². The first-order valence-electron chi connectivity index (χ1n) is 12.1. The summed E-state index contributed by atoms with van der Waals surface area (Å²) in [5, 5.41) is 20.0. The van der Waals surface area contributed by atoms with Gasteiger partial charge in [-0.3, -0.25) is 9.59 Å². The fraction of sp³-hybridized carbons (Fsp3) is 0.320. The number of halogens is 5. The number of pyridine rings is 1. The second-order valence-corrected chi connectivity index (χ2v) is 10.9. The van der Waals surface area contributed by atoms with Crippen LogP contribution in [0.5, 0.6) is 0 Å². The van der Waals surface area contributed by atoms with Crippen molar-refractivity contribution in [1.82, 2.24) is 40.3 Å². The van der Waals surface area contributed by atoms with Crippen LogP contribution in [0.25, 0.3) is 5.82 Å². The molecule has 1 atom stereocenters. The largest absolute Gasteiger partial charge is 0.453 e. The summed E-state index contributed by atoms with van der Waals surface area (Å²) < 4.78 is 42.1. The number of alkyl halides is 3. The van der Waals surface area contributed by atoms with Crippen molar-refractivity contribution in [2.45, 2.75) is 52.4 Å². The Morgan fingerprint density at radius 3 is 2.41 bits per heavy atom. The molecule has 1 unspecified atom stereocenters. The third-order valence-electron chi connectivity index (χ3n) is 5.71. The highest BCUT2D eigenvalue weighted by molar-refractivity contribution is 6.32. The Labute approximate surface area is 242 Å². The van der Waals surface area contributed by atoms with Crippen LogP contribution < -0.4 is 10.6 Å². The van der Waals surface area contributed by atoms with E-state index in [0.29, 0.717) is 10.2 Å². The Hall–Kier alpha value is -4.04. The Kier molecular flexibility index (Phi) is 8.09. The van der Waals surface area contributed by atoms with Crippen LogP contribution in [0.15, 0.2) is 36.5 Å². The summed E-state index contributed by atoms with van der Waals surface area (Å²) in [5.74, 6) is -2.52. The lowest BCUT2D eigenvalue weighted by Crippen LogP contribution is -2.41. The number of aryl methyl sites for hydroxylation is 1. The van der Waals surface area contributed by atoms with Gasteiger partial charge in [0.15, 0.2) is 5.82 Å². The third-order valence-corrected chi connectivity index (χ3v) is 6.23. The number of rotatable bonds is 6. The molecule has 0 bridgehead atoms. The molecule has 0 aliphatic rings. The minimum absolute atomic E-state index is 0.00759. The molecule has 0 aliphatic heterocycles. The molecule has 4 aromatic rings. The zero-order valence-corrected chi connectivity index (χ0v) is 23.9. The van der Waals surface area contributed by atoms with E-state index in [9.17, 15) is 22.8 Å². The van der Waals surface area contributed by atoms with Gasteiger partial charge in [0.05, 0.1) is 28.0 Å². The molecule has 11 nitrogen and oxygen atoms in total. The molecular formula is C25H24Cl2F3N9O2. The van der Waals surface area contributed by atoms with Crippen LogP contribution in [-0.4, -0.2) is 52.3 Å². The predicted molar refractivity (Wildman–Crippen MR) is 144 cm³/mol. The minimum Gasteiger partial charge on any atom is -0.347 e. The number of carbonyl (C=O) groups excluding carboxylic acids is 2. The number of nitrogens with one attached hydrogen (secondary N) is 2. The van der Waals surface area contributed by atoms with Crippen molar-refractivity contribution in [2.24, 2.45) is 0 Å². The van der Waals surface area contributed by atoms with Gasteiger partial charge in [-0.1, -0.05) is 23.2 Å². The SMILES string of the molecule is Cc1cc(Cl)cc(C(=O)NC(C)(C)C)c1NC(=O)c1cc(C(C)n2nnnc2C(F)(F)F)nn1-c1ncccc1Cl. The van der Waals surface area contributed by atoms with Crippen LogP contribution in [0.1, 0.15) is 71.7 Å². The van der Waals surface area contributed by atoms with Gasteiger partial charge < -0.3 is 10.6 Å². The topological polar surface area (TPSA) is 133 Å². The molecule has 41 heavy (non-hydrogen) atoms. The quantitative estimate of drug-likeness (QED) is 0.304. The lowest BCUT2D eigenvalue weighted by Gasteiger charge is -2.22. The van der Waals surface area contributed by atoms with Crippen molar-refractivity contribution in [3.63, 3.8) is 0 Å². The smallest absolute Gasteiger partial charge is 0.347 e. The molecule has 0 fully saturated rings. The Morgan fingerprint density at radius 2 is 1.78 bits per heavy atom. The minimum atomic E-state index is -4.83. The Morgan fingerprint density at radius 1 is 1.07 bits per heavy atom. The summed E-state index contributed by atoms with van der Waals surface area (Å²) >= 11 is 12.5. The molecule has 3 aromatic heterocycles. The normalized spacial score (nSPS) is 12.7. The second-order valence-electron chi connectivity index (χ2n) is 10.1. The van der Waals surface area contributed by atoms with Gasteiger partial charge in [-0.05, 0) is 80.9 Å². The Balaban J connectivity index is 1.81. The van der Waals surface area contributed by atoms with E-state index < -0.39 is 35.4 Å². The molecule has 4 rings (SSSR count). The lowest BCUT2D eigenvalue weighted by molar-refractivity contribution is -0.148. The molecule has 16 heteroatoms. The van der Waals surface area contributed by atoms with E-state index in [4.69, 9.17) is 23.2 Å². The van der Waals surface area contributed by atoms with Crippen LogP contribution in [0.3, 0.4) is 0 Å².